The van der Waals surface area contributed by atoms with Gasteiger partial charge in [-0.15, -0.1) is 11.3 Å². The van der Waals surface area contributed by atoms with Gasteiger partial charge < -0.3 is 10.1 Å². The summed E-state index contributed by atoms with van der Waals surface area (Å²) in [5, 5.41) is 4.62. The van der Waals surface area contributed by atoms with Crippen LogP contribution in [0.25, 0.3) is 10.2 Å². The lowest BCUT2D eigenvalue weighted by Gasteiger charge is -2.15. The molecule has 0 fully saturated rings. The molecule has 2 rings (SSSR count). The normalized spacial score (nSPS) is 12.8. The molecule has 1 atom stereocenters. The lowest BCUT2D eigenvalue weighted by Crippen LogP contribution is -2.11. The summed E-state index contributed by atoms with van der Waals surface area (Å²) >= 11 is 1.74. The number of anilines is 1. The first-order chi connectivity index (χ1) is 10.1. The number of thiophene rings is 1. The van der Waals surface area contributed by atoms with Crippen LogP contribution in [0.3, 0.4) is 0 Å². The van der Waals surface area contributed by atoms with Gasteiger partial charge in [-0.2, -0.15) is 0 Å². The van der Waals surface area contributed by atoms with Gasteiger partial charge in [0.05, 0.1) is 5.39 Å². The van der Waals surface area contributed by atoms with Crippen molar-refractivity contribution in [3.05, 3.63) is 16.3 Å². The van der Waals surface area contributed by atoms with Crippen molar-refractivity contribution in [3.63, 3.8) is 0 Å². The van der Waals surface area contributed by atoms with Gasteiger partial charge in [0.2, 0.25) is 0 Å². The predicted molar refractivity (Wildman–Crippen MR) is 90.3 cm³/mol. The number of nitrogens with one attached hydrogen (secondary N) is 1. The molecule has 0 saturated carbocycles. The maximum atomic E-state index is 5.77. The average molecular weight is 307 g/mol. The molecule has 0 bridgehead atoms. The monoisotopic (exact) mass is 307 g/mol. The molecule has 5 heteroatoms. The smallest absolute Gasteiger partial charge is 0.161 e. The Kier molecular flexibility index (Phi) is 5.53. The Labute approximate surface area is 131 Å². The van der Waals surface area contributed by atoms with Crippen molar-refractivity contribution in [2.24, 2.45) is 0 Å². The van der Waals surface area contributed by atoms with Gasteiger partial charge in [-0.25, -0.2) is 9.97 Å². The summed E-state index contributed by atoms with van der Waals surface area (Å²) in [6.45, 7) is 12.2. The lowest BCUT2D eigenvalue weighted by atomic mass is 10.2. The van der Waals surface area contributed by atoms with Gasteiger partial charge >= 0.3 is 0 Å². The van der Waals surface area contributed by atoms with Crippen LogP contribution in [-0.4, -0.2) is 23.1 Å². The van der Waals surface area contributed by atoms with Gasteiger partial charge in [-0.3, -0.25) is 0 Å². The van der Waals surface area contributed by atoms with Gasteiger partial charge in [0.25, 0.3) is 0 Å². The zero-order chi connectivity index (χ0) is 15.4. The van der Waals surface area contributed by atoms with E-state index >= 15 is 0 Å². The highest BCUT2D eigenvalue weighted by Gasteiger charge is 2.19. The van der Waals surface area contributed by atoms with E-state index in [0.717, 1.165) is 35.9 Å². The van der Waals surface area contributed by atoms with E-state index in [2.05, 4.69) is 33.0 Å². The van der Waals surface area contributed by atoms with Crippen LogP contribution in [0.5, 0.6) is 0 Å². The fourth-order valence-electron chi connectivity index (χ4n) is 2.36. The van der Waals surface area contributed by atoms with Gasteiger partial charge in [0, 0.05) is 18.0 Å². The first-order valence-electron chi connectivity index (χ1n) is 7.75. The number of fused-ring (bicyclic) bond motifs is 1. The second kappa shape index (κ2) is 7.18. The molecular weight excluding hydrogens is 282 g/mol. The van der Waals surface area contributed by atoms with E-state index in [9.17, 15) is 0 Å². The number of hydrogen-bond acceptors (Lipinski definition) is 5. The Balaban J connectivity index is 2.53. The summed E-state index contributed by atoms with van der Waals surface area (Å²) in [4.78, 5) is 11.9. The topological polar surface area (TPSA) is 47.0 Å². The molecule has 0 aliphatic heterocycles. The molecule has 116 valence electrons. The Morgan fingerprint density at radius 3 is 2.57 bits per heavy atom. The molecule has 0 aliphatic rings. The van der Waals surface area contributed by atoms with Crippen molar-refractivity contribution in [3.8, 4) is 0 Å². The zero-order valence-electron chi connectivity index (χ0n) is 13.6. The minimum absolute atomic E-state index is 0.0238. The van der Waals surface area contributed by atoms with E-state index in [1.54, 1.807) is 11.3 Å². The van der Waals surface area contributed by atoms with Crippen molar-refractivity contribution in [1.29, 1.82) is 0 Å². The van der Waals surface area contributed by atoms with Crippen LogP contribution in [0.2, 0.25) is 0 Å². The third-order valence-corrected chi connectivity index (χ3v) is 4.72. The summed E-state index contributed by atoms with van der Waals surface area (Å²) in [5.74, 6) is 1.75. The summed E-state index contributed by atoms with van der Waals surface area (Å²) in [6.07, 6.45) is 1.94. The van der Waals surface area contributed by atoms with Gasteiger partial charge in [-0.05, 0) is 39.2 Å². The quantitative estimate of drug-likeness (QED) is 0.811. The van der Waals surface area contributed by atoms with Crippen molar-refractivity contribution in [2.45, 2.75) is 53.6 Å². The van der Waals surface area contributed by atoms with Crippen LogP contribution in [0, 0.1) is 13.8 Å². The molecule has 0 aliphatic carbocycles. The minimum Gasteiger partial charge on any atom is -0.371 e. The molecule has 1 unspecified atom stereocenters. The lowest BCUT2D eigenvalue weighted by molar-refractivity contribution is 0.0538. The highest BCUT2D eigenvalue weighted by Crippen LogP contribution is 2.34. The maximum Gasteiger partial charge on any atom is 0.161 e. The molecule has 4 nitrogen and oxygen atoms in total. The van der Waals surface area contributed by atoms with Gasteiger partial charge in [0.15, 0.2) is 5.82 Å². The van der Waals surface area contributed by atoms with Crippen molar-refractivity contribution >= 4 is 27.4 Å². The molecule has 0 spiro atoms. The van der Waals surface area contributed by atoms with Gasteiger partial charge in [0.1, 0.15) is 16.8 Å². The SMILES string of the molecule is CCCNc1nc(C(CC)OCC)nc2sc(C)c(C)c12. The molecule has 21 heavy (non-hydrogen) atoms. The summed E-state index contributed by atoms with van der Waals surface area (Å²) < 4.78 is 5.77. The van der Waals surface area contributed by atoms with Crippen LogP contribution < -0.4 is 5.32 Å². The number of hydrogen-bond donors (Lipinski definition) is 1. The second-order valence-corrected chi connectivity index (χ2v) is 6.38. The second-order valence-electron chi connectivity index (χ2n) is 5.17. The molecule has 2 heterocycles. The van der Waals surface area contributed by atoms with Crippen LogP contribution in [0.4, 0.5) is 5.82 Å². The fraction of sp³-hybridized carbons (Fsp3) is 0.625. The van der Waals surface area contributed by atoms with Crippen LogP contribution >= 0.6 is 11.3 Å². The fourth-order valence-corrected chi connectivity index (χ4v) is 3.39. The molecular formula is C16H25N3OS. The minimum atomic E-state index is -0.0238. The molecule has 2 aromatic heterocycles. The van der Waals surface area contributed by atoms with E-state index in [4.69, 9.17) is 14.7 Å². The van der Waals surface area contributed by atoms with E-state index < -0.39 is 0 Å². The van der Waals surface area contributed by atoms with Crippen molar-refractivity contribution < 1.29 is 4.74 Å². The Morgan fingerprint density at radius 1 is 1.19 bits per heavy atom. The van der Waals surface area contributed by atoms with Crippen LogP contribution in [0.1, 0.15) is 56.0 Å². The third kappa shape index (κ3) is 3.35. The van der Waals surface area contributed by atoms with Gasteiger partial charge in [-0.1, -0.05) is 13.8 Å². The first kappa shape index (κ1) is 16.2. The first-order valence-corrected chi connectivity index (χ1v) is 8.57. The number of aromatic nitrogens is 2. The standard InChI is InChI=1S/C16H25N3OS/c1-6-9-17-15-13-10(4)11(5)21-16(13)19-14(18-15)12(7-2)20-8-3/h12H,6-9H2,1-5H3,(H,17,18,19). The zero-order valence-corrected chi connectivity index (χ0v) is 14.4. The summed E-state index contributed by atoms with van der Waals surface area (Å²) in [6, 6.07) is 0. The van der Waals surface area contributed by atoms with Crippen LogP contribution in [-0.2, 0) is 4.74 Å². The van der Waals surface area contributed by atoms with E-state index in [-0.39, 0.29) is 6.10 Å². The maximum absolute atomic E-state index is 5.77. The highest BCUT2D eigenvalue weighted by atomic mass is 32.1. The summed E-state index contributed by atoms with van der Waals surface area (Å²) in [7, 11) is 0. The molecule has 0 aromatic carbocycles. The Morgan fingerprint density at radius 2 is 1.95 bits per heavy atom. The Bertz CT molecular complexity index is 609. The molecule has 2 aromatic rings. The number of ether oxygens (including phenoxy) is 1. The number of rotatable bonds is 7. The van der Waals surface area contributed by atoms with Crippen LogP contribution in [0.15, 0.2) is 0 Å². The average Bonchev–Trinajstić information content (AvgIpc) is 2.77. The molecule has 1 N–H and O–H groups in total. The molecule has 0 saturated heterocycles. The highest BCUT2D eigenvalue weighted by molar-refractivity contribution is 7.18. The van der Waals surface area contributed by atoms with E-state index in [1.165, 1.54) is 15.8 Å². The Hall–Kier alpha value is -1.20. The number of nitrogens with zero attached hydrogens (tertiary/aromatic N) is 2. The third-order valence-electron chi connectivity index (χ3n) is 3.62. The molecule has 0 amide bonds. The largest absolute Gasteiger partial charge is 0.371 e. The van der Waals surface area contributed by atoms with E-state index in [1.807, 2.05) is 6.92 Å². The van der Waals surface area contributed by atoms with Crippen molar-refractivity contribution in [2.75, 3.05) is 18.5 Å². The number of aryl methyl sites for hydroxylation is 2. The summed E-state index contributed by atoms with van der Waals surface area (Å²) in [5.41, 5.74) is 1.28. The van der Waals surface area contributed by atoms with Crippen molar-refractivity contribution in [1.82, 2.24) is 9.97 Å². The molecule has 0 radical (unpaired) electrons. The predicted octanol–water partition coefficient (Wildman–Crippen LogP) is 4.62. The van der Waals surface area contributed by atoms with E-state index in [0.29, 0.717) is 6.61 Å².